The van der Waals surface area contributed by atoms with Gasteiger partial charge in [0.25, 0.3) is 0 Å². The molecule has 0 bridgehead atoms. The van der Waals surface area contributed by atoms with Crippen molar-refractivity contribution >= 4 is 42.6 Å². The maximum atomic E-state index is 14.2. The minimum atomic E-state index is -3.97. The van der Waals surface area contributed by atoms with Gasteiger partial charge in [0.1, 0.15) is 10.7 Å². The summed E-state index contributed by atoms with van der Waals surface area (Å²) in [7, 11) is -3.97. The Balaban J connectivity index is 1.37. The first-order chi connectivity index (χ1) is 16.9. The highest BCUT2D eigenvalue weighted by molar-refractivity contribution is 7.89. The van der Waals surface area contributed by atoms with E-state index in [0.717, 1.165) is 22.0 Å². The van der Waals surface area contributed by atoms with E-state index in [1.165, 1.54) is 33.8 Å². The van der Waals surface area contributed by atoms with Gasteiger partial charge in [-0.2, -0.15) is 4.31 Å². The number of amides is 1. The summed E-state index contributed by atoms with van der Waals surface area (Å²) in [5, 5.41) is 0.586. The van der Waals surface area contributed by atoms with Crippen LogP contribution in [0.3, 0.4) is 0 Å². The van der Waals surface area contributed by atoms with Gasteiger partial charge in [0.05, 0.1) is 22.5 Å². The van der Waals surface area contributed by atoms with Crippen molar-refractivity contribution in [3.63, 3.8) is 0 Å². The van der Waals surface area contributed by atoms with E-state index in [2.05, 4.69) is 9.97 Å². The third-order valence-electron chi connectivity index (χ3n) is 6.08. The second kappa shape index (κ2) is 9.80. The molecule has 3 heterocycles. The summed E-state index contributed by atoms with van der Waals surface area (Å²) in [5.41, 5.74) is 1.55. The average Bonchev–Trinajstić information content (AvgIpc) is 3.32. The van der Waals surface area contributed by atoms with Gasteiger partial charge in [0.15, 0.2) is 5.13 Å². The third-order valence-corrected chi connectivity index (χ3v) is 9.07. The molecule has 2 aromatic carbocycles. The van der Waals surface area contributed by atoms with E-state index in [0.29, 0.717) is 18.0 Å². The van der Waals surface area contributed by atoms with Crippen LogP contribution in [-0.4, -0.2) is 41.7 Å². The maximum absolute atomic E-state index is 14.2. The molecule has 1 aliphatic rings. The summed E-state index contributed by atoms with van der Waals surface area (Å²) in [6, 6.07) is 18.6. The lowest BCUT2D eigenvalue weighted by Gasteiger charge is -2.33. The topological polar surface area (TPSA) is 83.5 Å². The lowest BCUT2D eigenvalue weighted by Crippen LogP contribution is -2.44. The van der Waals surface area contributed by atoms with Gasteiger partial charge in [-0.25, -0.2) is 17.8 Å². The van der Waals surface area contributed by atoms with Gasteiger partial charge in [-0.1, -0.05) is 41.7 Å². The number of sulfonamides is 1. The van der Waals surface area contributed by atoms with Crippen LogP contribution < -0.4 is 4.90 Å². The van der Waals surface area contributed by atoms with E-state index >= 15 is 0 Å². The molecule has 35 heavy (non-hydrogen) atoms. The minimum Gasteiger partial charge on any atom is -0.282 e. The normalized spacial score (nSPS) is 15.3. The lowest BCUT2D eigenvalue weighted by atomic mass is 9.96. The molecule has 7 nitrogen and oxygen atoms in total. The standard InChI is InChI=1S/C25H23FN4O3S2/c26-20-8-1-4-11-23(20)35(32,33)29-15-12-18(13-16-29)24(31)30(17-19-7-5-6-14-27-19)25-28-21-9-2-3-10-22(21)34-25/h1-11,14,18H,12-13,15-17H2. The van der Waals surface area contributed by atoms with Crippen LogP contribution in [0.2, 0.25) is 0 Å². The Morgan fingerprint density at radius 1 is 1.03 bits per heavy atom. The van der Waals surface area contributed by atoms with E-state index < -0.39 is 15.8 Å². The number of benzene rings is 2. The van der Waals surface area contributed by atoms with Crippen molar-refractivity contribution in [2.24, 2.45) is 5.92 Å². The number of rotatable bonds is 6. The molecule has 1 amide bonds. The van der Waals surface area contributed by atoms with Crippen molar-refractivity contribution < 1.29 is 17.6 Å². The van der Waals surface area contributed by atoms with Gasteiger partial charge >= 0.3 is 0 Å². The predicted octanol–water partition coefficient (Wildman–Crippen LogP) is 4.46. The first-order valence-electron chi connectivity index (χ1n) is 11.2. The van der Waals surface area contributed by atoms with Gasteiger partial charge < -0.3 is 0 Å². The zero-order valence-corrected chi connectivity index (χ0v) is 20.4. The first kappa shape index (κ1) is 23.5. The van der Waals surface area contributed by atoms with Crippen LogP contribution in [0.5, 0.6) is 0 Å². The molecule has 0 aliphatic carbocycles. The molecule has 0 N–H and O–H groups in total. The van der Waals surface area contributed by atoms with Gasteiger partial charge in [-0.05, 0) is 49.2 Å². The molecule has 1 saturated heterocycles. The Morgan fingerprint density at radius 3 is 2.46 bits per heavy atom. The Kier molecular flexibility index (Phi) is 6.59. The summed E-state index contributed by atoms with van der Waals surface area (Å²) in [5.74, 6) is -1.27. The highest BCUT2D eigenvalue weighted by Crippen LogP contribution is 2.33. The Labute approximate surface area is 206 Å². The van der Waals surface area contributed by atoms with Gasteiger partial charge in [0, 0.05) is 25.2 Å². The molecule has 10 heteroatoms. The van der Waals surface area contributed by atoms with Crippen LogP contribution in [0.25, 0.3) is 10.2 Å². The number of fused-ring (bicyclic) bond motifs is 1. The number of nitrogens with zero attached hydrogens (tertiary/aromatic N) is 4. The smallest absolute Gasteiger partial charge is 0.245 e. The summed E-state index contributed by atoms with van der Waals surface area (Å²) in [6.07, 6.45) is 2.37. The average molecular weight is 511 g/mol. The van der Waals surface area contributed by atoms with Crippen molar-refractivity contribution in [1.29, 1.82) is 0 Å². The van der Waals surface area contributed by atoms with Crippen LogP contribution in [-0.2, 0) is 21.4 Å². The number of hydrogen-bond donors (Lipinski definition) is 0. The molecule has 0 radical (unpaired) electrons. The van der Waals surface area contributed by atoms with Gasteiger partial charge in [0.2, 0.25) is 15.9 Å². The number of thiazole rings is 1. The zero-order chi connectivity index (χ0) is 24.4. The maximum Gasteiger partial charge on any atom is 0.245 e. The van der Waals surface area contributed by atoms with Crippen LogP contribution in [0.4, 0.5) is 9.52 Å². The number of hydrogen-bond acceptors (Lipinski definition) is 6. The highest BCUT2D eigenvalue weighted by atomic mass is 32.2. The first-order valence-corrected chi connectivity index (χ1v) is 13.5. The van der Waals surface area contributed by atoms with Crippen LogP contribution >= 0.6 is 11.3 Å². The molecule has 0 atom stereocenters. The second-order valence-corrected chi connectivity index (χ2v) is 11.2. The van der Waals surface area contributed by atoms with Crippen molar-refractivity contribution in [3.05, 3.63) is 84.4 Å². The molecule has 2 aromatic heterocycles. The molecular formula is C25H23FN4O3S2. The zero-order valence-electron chi connectivity index (χ0n) is 18.7. The van der Waals surface area contributed by atoms with Gasteiger partial charge in [-0.3, -0.25) is 14.7 Å². The quantitative estimate of drug-likeness (QED) is 0.382. The van der Waals surface area contributed by atoms with Crippen molar-refractivity contribution in [2.75, 3.05) is 18.0 Å². The molecule has 1 aliphatic heterocycles. The minimum absolute atomic E-state index is 0.113. The molecular weight excluding hydrogens is 487 g/mol. The fourth-order valence-electron chi connectivity index (χ4n) is 4.23. The van der Waals surface area contributed by atoms with Crippen molar-refractivity contribution in [2.45, 2.75) is 24.3 Å². The van der Waals surface area contributed by atoms with E-state index in [-0.39, 0.29) is 36.4 Å². The number of aromatic nitrogens is 2. The van der Waals surface area contributed by atoms with Crippen LogP contribution in [0, 0.1) is 11.7 Å². The van der Waals surface area contributed by atoms with Crippen LogP contribution in [0.15, 0.2) is 77.8 Å². The molecule has 0 unspecified atom stereocenters. The number of anilines is 1. The van der Waals surface area contributed by atoms with Gasteiger partial charge in [-0.15, -0.1) is 0 Å². The predicted molar refractivity (Wildman–Crippen MR) is 133 cm³/mol. The fraction of sp³-hybridized carbons (Fsp3) is 0.240. The van der Waals surface area contributed by atoms with Crippen molar-refractivity contribution in [1.82, 2.24) is 14.3 Å². The van der Waals surface area contributed by atoms with E-state index in [1.807, 2.05) is 42.5 Å². The molecule has 180 valence electrons. The number of carbonyl (C=O) groups is 1. The molecule has 4 aromatic rings. The Bertz CT molecular complexity index is 1420. The largest absolute Gasteiger partial charge is 0.282 e. The number of para-hydroxylation sites is 1. The summed E-state index contributed by atoms with van der Waals surface area (Å²) in [4.78, 5) is 24.1. The number of piperidine rings is 1. The third kappa shape index (κ3) is 4.82. The molecule has 1 fully saturated rings. The summed E-state index contributed by atoms with van der Waals surface area (Å²) >= 11 is 1.44. The SMILES string of the molecule is O=C(C1CCN(S(=O)(=O)c2ccccc2F)CC1)N(Cc1ccccn1)c1nc2ccccc2s1. The molecule has 0 saturated carbocycles. The molecule has 0 spiro atoms. The van der Waals surface area contributed by atoms with Crippen molar-refractivity contribution in [3.8, 4) is 0 Å². The number of carbonyl (C=O) groups excluding carboxylic acids is 1. The van der Waals surface area contributed by atoms with E-state index in [1.54, 1.807) is 11.1 Å². The Morgan fingerprint density at radius 2 is 1.74 bits per heavy atom. The monoisotopic (exact) mass is 510 g/mol. The Hall–Kier alpha value is -3.21. The number of pyridine rings is 1. The fourth-order valence-corrected chi connectivity index (χ4v) is 6.73. The lowest BCUT2D eigenvalue weighted by molar-refractivity contribution is -0.123. The second-order valence-electron chi connectivity index (χ2n) is 8.32. The van der Waals surface area contributed by atoms with Crippen LogP contribution in [0.1, 0.15) is 18.5 Å². The highest BCUT2D eigenvalue weighted by Gasteiger charge is 2.36. The number of halogens is 1. The van der Waals surface area contributed by atoms with E-state index in [4.69, 9.17) is 0 Å². The summed E-state index contributed by atoms with van der Waals surface area (Å²) < 4.78 is 42.3. The molecule has 5 rings (SSSR count). The van der Waals surface area contributed by atoms with E-state index in [9.17, 15) is 17.6 Å². The summed E-state index contributed by atoms with van der Waals surface area (Å²) in [6.45, 7) is 0.557.